The Labute approximate surface area is 218 Å². The van der Waals surface area contributed by atoms with Gasteiger partial charge in [-0.2, -0.15) is 19.9 Å². The fourth-order valence-corrected chi connectivity index (χ4v) is 3.23. The van der Waals surface area contributed by atoms with E-state index in [-0.39, 0.29) is 41.6 Å². The van der Waals surface area contributed by atoms with Crippen LogP contribution in [-0.2, 0) is 6.54 Å². The third kappa shape index (κ3) is 6.35. The number of hydrogen-bond acceptors (Lipinski definition) is 12. The smallest absolute Gasteiger partial charge is 0.347 e. The number of esters is 1. The first-order valence-electron chi connectivity index (χ1n) is 11.3. The number of nitrogens with one attached hydrogen (secondary N) is 1. The van der Waals surface area contributed by atoms with Crippen LogP contribution in [-0.4, -0.2) is 54.3 Å². The fraction of sp³-hybridized carbons (Fsp3) is 0.192. The van der Waals surface area contributed by atoms with E-state index < -0.39 is 5.97 Å². The first-order chi connectivity index (χ1) is 18.5. The van der Waals surface area contributed by atoms with Crippen LogP contribution in [0.4, 0.5) is 5.95 Å². The fourth-order valence-electron chi connectivity index (χ4n) is 3.23. The number of methoxy groups -OCH3 is 4. The molecule has 0 radical (unpaired) electrons. The van der Waals surface area contributed by atoms with Crippen molar-refractivity contribution < 1.29 is 33.2 Å². The van der Waals surface area contributed by atoms with Crippen LogP contribution in [0, 0.1) is 0 Å². The van der Waals surface area contributed by atoms with E-state index >= 15 is 0 Å². The summed E-state index contributed by atoms with van der Waals surface area (Å²) in [4.78, 5) is 30.0. The van der Waals surface area contributed by atoms with Gasteiger partial charge in [0.1, 0.15) is 17.1 Å². The molecule has 0 atom stereocenters. The molecule has 0 aliphatic rings. The summed E-state index contributed by atoms with van der Waals surface area (Å²) in [7, 11) is 5.91. The molecule has 2 heterocycles. The molecule has 4 rings (SSSR count). The monoisotopic (exact) mass is 519 g/mol. The van der Waals surface area contributed by atoms with Gasteiger partial charge in [-0.05, 0) is 18.2 Å². The average Bonchev–Trinajstić information content (AvgIpc) is 2.96. The van der Waals surface area contributed by atoms with Gasteiger partial charge in [0.15, 0.2) is 0 Å². The molecule has 0 saturated heterocycles. The summed E-state index contributed by atoms with van der Waals surface area (Å²) >= 11 is 0. The maximum Gasteiger partial charge on any atom is 0.347 e. The number of benzene rings is 2. The van der Waals surface area contributed by atoms with Gasteiger partial charge in [-0.15, -0.1) is 0 Å². The molecule has 0 aliphatic carbocycles. The zero-order chi connectivity index (χ0) is 26.9. The van der Waals surface area contributed by atoms with Gasteiger partial charge in [-0.25, -0.2) is 4.79 Å². The minimum Gasteiger partial charge on any atom is -0.481 e. The summed E-state index contributed by atoms with van der Waals surface area (Å²) in [6.45, 7) is 0.259. The third-order valence-corrected chi connectivity index (χ3v) is 5.09. The molecule has 12 nitrogen and oxygen atoms in total. The molecule has 0 amide bonds. The second-order valence-corrected chi connectivity index (χ2v) is 7.46. The molecule has 0 spiro atoms. The van der Waals surface area contributed by atoms with Crippen LogP contribution in [0.2, 0.25) is 0 Å². The molecule has 0 bridgehead atoms. The van der Waals surface area contributed by atoms with Crippen molar-refractivity contribution in [3.8, 4) is 41.0 Å². The van der Waals surface area contributed by atoms with Gasteiger partial charge in [0, 0.05) is 12.1 Å². The first kappa shape index (κ1) is 25.9. The van der Waals surface area contributed by atoms with Crippen LogP contribution >= 0.6 is 0 Å². The standard InChI is InChI=1S/C26H25N5O7/c1-33-20-13-21(34-2)29-25(28-20)27-15-16-9-5-7-11-18(16)37-24(32)17-10-6-8-12-19(17)38-26-30-22(35-3)14-23(31-26)36-4/h5-14H,15H2,1-4H3,(H,27,28,29). The van der Waals surface area contributed by atoms with Crippen LogP contribution in [0.1, 0.15) is 15.9 Å². The van der Waals surface area contributed by atoms with Gasteiger partial charge < -0.3 is 33.7 Å². The van der Waals surface area contributed by atoms with E-state index in [1.165, 1.54) is 34.5 Å². The molecule has 0 aliphatic heterocycles. The maximum absolute atomic E-state index is 13.2. The predicted octanol–water partition coefficient (Wildman–Crippen LogP) is 3.92. The highest BCUT2D eigenvalue weighted by molar-refractivity contribution is 5.94. The van der Waals surface area contributed by atoms with Crippen LogP contribution in [0.15, 0.2) is 60.7 Å². The quantitative estimate of drug-likeness (QED) is 0.227. The molecule has 0 fully saturated rings. The highest BCUT2D eigenvalue weighted by Crippen LogP contribution is 2.28. The van der Waals surface area contributed by atoms with E-state index in [2.05, 4.69) is 25.3 Å². The Morgan fingerprint density at radius 2 is 1.24 bits per heavy atom. The SMILES string of the molecule is COc1cc(OC)nc(NCc2ccccc2OC(=O)c2ccccc2Oc2nc(OC)cc(OC)n2)n1. The summed E-state index contributed by atoms with van der Waals surface area (Å²) < 4.78 is 32.2. The van der Waals surface area contributed by atoms with Gasteiger partial charge >= 0.3 is 12.0 Å². The number of hydrogen-bond donors (Lipinski definition) is 1. The Morgan fingerprint density at radius 3 is 1.84 bits per heavy atom. The van der Waals surface area contributed by atoms with Crippen molar-refractivity contribution >= 4 is 11.9 Å². The molecular weight excluding hydrogens is 494 g/mol. The molecule has 4 aromatic rings. The lowest BCUT2D eigenvalue weighted by molar-refractivity contribution is 0.0730. The van der Waals surface area contributed by atoms with E-state index in [9.17, 15) is 4.79 Å². The number of nitrogens with zero attached hydrogens (tertiary/aromatic N) is 4. The summed E-state index contributed by atoms with van der Waals surface area (Å²) in [5.74, 6) is 1.35. The minimum atomic E-state index is -0.637. The Morgan fingerprint density at radius 1 is 0.711 bits per heavy atom. The molecule has 0 unspecified atom stereocenters. The number of carbonyl (C=O) groups is 1. The van der Waals surface area contributed by atoms with Gasteiger partial charge in [0.2, 0.25) is 29.5 Å². The highest BCUT2D eigenvalue weighted by Gasteiger charge is 2.19. The largest absolute Gasteiger partial charge is 0.481 e. The van der Waals surface area contributed by atoms with Crippen LogP contribution in [0.3, 0.4) is 0 Å². The van der Waals surface area contributed by atoms with Crippen LogP contribution < -0.4 is 33.7 Å². The van der Waals surface area contributed by atoms with Crippen molar-refractivity contribution in [1.29, 1.82) is 0 Å². The number of ether oxygens (including phenoxy) is 6. The van der Waals surface area contributed by atoms with Crippen molar-refractivity contribution in [2.45, 2.75) is 6.54 Å². The molecular formula is C26H25N5O7. The Kier molecular flexibility index (Phi) is 8.34. The Balaban J connectivity index is 1.52. The summed E-state index contributed by atoms with van der Waals surface area (Å²) in [5, 5.41) is 3.09. The maximum atomic E-state index is 13.2. The van der Waals surface area contributed by atoms with Crippen LogP contribution in [0.25, 0.3) is 0 Å². The molecule has 0 saturated carbocycles. The van der Waals surface area contributed by atoms with E-state index in [1.54, 1.807) is 42.5 Å². The molecule has 12 heteroatoms. The van der Waals surface area contributed by atoms with Gasteiger partial charge in [-0.3, -0.25) is 0 Å². The van der Waals surface area contributed by atoms with E-state index in [1.807, 2.05) is 12.1 Å². The van der Waals surface area contributed by atoms with Gasteiger partial charge in [0.25, 0.3) is 0 Å². The molecule has 196 valence electrons. The van der Waals surface area contributed by atoms with Crippen molar-refractivity contribution in [2.75, 3.05) is 33.8 Å². The van der Waals surface area contributed by atoms with E-state index in [0.717, 1.165) is 0 Å². The topological polar surface area (TPSA) is 136 Å². The van der Waals surface area contributed by atoms with Crippen molar-refractivity contribution in [3.05, 3.63) is 71.8 Å². The number of rotatable bonds is 11. The second-order valence-electron chi connectivity index (χ2n) is 7.46. The zero-order valence-electron chi connectivity index (χ0n) is 21.1. The molecule has 1 N–H and O–H groups in total. The predicted molar refractivity (Wildman–Crippen MR) is 136 cm³/mol. The van der Waals surface area contributed by atoms with E-state index in [0.29, 0.717) is 23.1 Å². The number of aromatic nitrogens is 4. The number of anilines is 1. The lowest BCUT2D eigenvalue weighted by Crippen LogP contribution is -2.13. The minimum absolute atomic E-state index is 0.0558. The summed E-state index contributed by atoms with van der Waals surface area (Å²) in [6.07, 6.45) is 0. The van der Waals surface area contributed by atoms with E-state index in [4.69, 9.17) is 28.4 Å². The highest BCUT2D eigenvalue weighted by atomic mass is 16.5. The summed E-state index contributed by atoms with van der Waals surface area (Å²) in [6, 6.07) is 16.7. The van der Waals surface area contributed by atoms with Gasteiger partial charge in [-0.1, -0.05) is 30.3 Å². The third-order valence-electron chi connectivity index (χ3n) is 5.09. The molecule has 2 aromatic carbocycles. The zero-order valence-corrected chi connectivity index (χ0v) is 21.1. The molecule has 2 aromatic heterocycles. The lowest BCUT2D eigenvalue weighted by Gasteiger charge is -2.13. The normalized spacial score (nSPS) is 10.3. The van der Waals surface area contributed by atoms with Gasteiger partial charge in [0.05, 0.1) is 40.6 Å². The molecule has 38 heavy (non-hydrogen) atoms. The van der Waals surface area contributed by atoms with Crippen molar-refractivity contribution in [2.24, 2.45) is 0 Å². The number of para-hydroxylation sites is 2. The number of carbonyl (C=O) groups excluding carboxylic acids is 1. The lowest BCUT2D eigenvalue weighted by atomic mass is 10.2. The Hall–Kier alpha value is -5.13. The van der Waals surface area contributed by atoms with Crippen LogP contribution in [0.5, 0.6) is 41.0 Å². The Bertz CT molecular complexity index is 1370. The first-order valence-corrected chi connectivity index (χ1v) is 11.3. The summed E-state index contributed by atoms with van der Waals surface area (Å²) in [5.41, 5.74) is 0.854. The van der Waals surface area contributed by atoms with Crippen molar-refractivity contribution in [3.63, 3.8) is 0 Å². The second kappa shape index (κ2) is 12.2. The van der Waals surface area contributed by atoms with Crippen molar-refractivity contribution in [1.82, 2.24) is 19.9 Å². The average molecular weight is 520 g/mol.